The maximum absolute atomic E-state index is 12.2. The molecule has 3 aromatic heterocycles. The standard InChI is InChI=1S/C15H18N6OS/c1-10(5-11-3-4-23-7-11)20-12(22)6-21(2)15-13-14(17-8-16-13)18-9-19-15/h3-4,7-10H,5-6H2,1-2H3,(H,20,22)(H,16,17,18,19)/t10-/m0/s1. The van der Waals surface area contributed by atoms with Crippen molar-refractivity contribution >= 4 is 34.2 Å². The molecule has 120 valence electrons. The lowest BCUT2D eigenvalue weighted by atomic mass is 10.1. The number of rotatable bonds is 6. The first-order valence-electron chi connectivity index (χ1n) is 7.29. The number of H-pyrrole nitrogens is 1. The molecule has 0 aromatic carbocycles. The van der Waals surface area contributed by atoms with Gasteiger partial charge in [-0.15, -0.1) is 0 Å². The summed E-state index contributed by atoms with van der Waals surface area (Å²) in [5, 5.41) is 7.16. The lowest BCUT2D eigenvalue weighted by Crippen LogP contribution is -2.40. The van der Waals surface area contributed by atoms with Crippen LogP contribution < -0.4 is 10.2 Å². The van der Waals surface area contributed by atoms with Gasteiger partial charge in [-0.05, 0) is 35.7 Å². The van der Waals surface area contributed by atoms with E-state index in [4.69, 9.17) is 0 Å². The van der Waals surface area contributed by atoms with Crippen LogP contribution in [-0.2, 0) is 11.2 Å². The SMILES string of the molecule is C[C@@H](Cc1ccsc1)NC(=O)CN(C)c1ncnc2nc[nH]c12. The molecule has 0 spiro atoms. The van der Waals surface area contributed by atoms with E-state index >= 15 is 0 Å². The molecule has 1 amide bonds. The van der Waals surface area contributed by atoms with Gasteiger partial charge in [-0.25, -0.2) is 15.0 Å². The first-order valence-corrected chi connectivity index (χ1v) is 8.23. The van der Waals surface area contributed by atoms with E-state index in [1.54, 1.807) is 22.6 Å². The summed E-state index contributed by atoms with van der Waals surface area (Å²) in [7, 11) is 1.83. The number of imidazole rings is 1. The molecule has 0 aliphatic heterocycles. The van der Waals surface area contributed by atoms with E-state index in [0.29, 0.717) is 11.5 Å². The minimum atomic E-state index is -0.0403. The molecule has 0 aliphatic carbocycles. The first-order chi connectivity index (χ1) is 11.1. The zero-order valence-corrected chi connectivity index (χ0v) is 13.8. The van der Waals surface area contributed by atoms with Crippen LogP contribution in [0.1, 0.15) is 12.5 Å². The fourth-order valence-electron chi connectivity index (χ4n) is 2.47. The summed E-state index contributed by atoms with van der Waals surface area (Å²) in [6.07, 6.45) is 3.85. The summed E-state index contributed by atoms with van der Waals surface area (Å²) in [5.74, 6) is 0.620. The molecule has 0 bridgehead atoms. The van der Waals surface area contributed by atoms with Crippen molar-refractivity contribution in [2.45, 2.75) is 19.4 Å². The predicted octanol–water partition coefficient (Wildman–Crippen LogP) is 1.60. The Kier molecular flexibility index (Phi) is 4.52. The van der Waals surface area contributed by atoms with Gasteiger partial charge < -0.3 is 15.2 Å². The van der Waals surface area contributed by atoms with E-state index in [2.05, 4.69) is 36.7 Å². The second-order valence-electron chi connectivity index (χ2n) is 5.46. The van der Waals surface area contributed by atoms with Gasteiger partial charge in [0.1, 0.15) is 11.8 Å². The van der Waals surface area contributed by atoms with Crippen molar-refractivity contribution in [1.82, 2.24) is 25.3 Å². The fourth-order valence-corrected chi connectivity index (χ4v) is 3.15. The highest BCUT2D eigenvalue weighted by Gasteiger charge is 2.15. The van der Waals surface area contributed by atoms with Crippen LogP contribution in [0.15, 0.2) is 29.5 Å². The van der Waals surface area contributed by atoms with Gasteiger partial charge in [-0.2, -0.15) is 11.3 Å². The number of hydrogen-bond donors (Lipinski definition) is 2. The van der Waals surface area contributed by atoms with Crippen molar-refractivity contribution in [3.8, 4) is 0 Å². The fraction of sp³-hybridized carbons (Fsp3) is 0.333. The van der Waals surface area contributed by atoms with Crippen LogP contribution >= 0.6 is 11.3 Å². The Labute approximate surface area is 137 Å². The van der Waals surface area contributed by atoms with Crippen molar-refractivity contribution in [1.29, 1.82) is 0 Å². The number of carbonyl (C=O) groups excluding carboxylic acids is 1. The topological polar surface area (TPSA) is 86.8 Å². The van der Waals surface area contributed by atoms with E-state index < -0.39 is 0 Å². The van der Waals surface area contributed by atoms with Crippen LogP contribution in [0.3, 0.4) is 0 Å². The van der Waals surface area contributed by atoms with Gasteiger partial charge in [0.25, 0.3) is 0 Å². The Balaban J connectivity index is 1.60. The van der Waals surface area contributed by atoms with Crippen molar-refractivity contribution in [3.05, 3.63) is 35.0 Å². The quantitative estimate of drug-likeness (QED) is 0.717. The molecule has 8 heteroatoms. The molecule has 0 aliphatic rings. The second-order valence-corrected chi connectivity index (χ2v) is 6.24. The number of thiophene rings is 1. The number of carbonyl (C=O) groups is 1. The molecule has 23 heavy (non-hydrogen) atoms. The van der Waals surface area contributed by atoms with E-state index in [9.17, 15) is 4.79 Å². The van der Waals surface area contributed by atoms with E-state index in [1.807, 2.05) is 19.4 Å². The van der Waals surface area contributed by atoms with Crippen LogP contribution in [0.4, 0.5) is 5.82 Å². The number of nitrogens with one attached hydrogen (secondary N) is 2. The zero-order chi connectivity index (χ0) is 16.2. The summed E-state index contributed by atoms with van der Waals surface area (Å²) in [5.41, 5.74) is 2.56. The van der Waals surface area contributed by atoms with Gasteiger partial charge in [0.2, 0.25) is 5.91 Å². The van der Waals surface area contributed by atoms with Crippen LogP contribution in [0, 0.1) is 0 Å². The summed E-state index contributed by atoms with van der Waals surface area (Å²) < 4.78 is 0. The van der Waals surface area contributed by atoms with Crippen molar-refractivity contribution in [3.63, 3.8) is 0 Å². The van der Waals surface area contributed by atoms with Crippen LogP contribution in [-0.4, -0.2) is 45.5 Å². The van der Waals surface area contributed by atoms with Gasteiger partial charge in [-0.3, -0.25) is 4.79 Å². The average molecular weight is 330 g/mol. The van der Waals surface area contributed by atoms with E-state index in [-0.39, 0.29) is 18.5 Å². The lowest BCUT2D eigenvalue weighted by Gasteiger charge is -2.20. The molecule has 1 atom stereocenters. The Bertz CT molecular complexity index is 784. The smallest absolute Gasteiger partial charge is 0.239 e. The minimum absolute atomic E-state index is 0.0403. The van der Waals surface area contributed by atoms with Crippen molar-refractivity contribution in [2.24, 2.45) is 0 Å². The molecule has 7 nitrogen and oxygen atoms in total. The monoisotopic (exact) mass is 330 g/mol. The number of amides is 1. The molecule has 3 rings (SSSR count). The molecule has 0 radical (unpaired) electrons. The number of anilines is 1. The molecule has 3 aromatic rings. The summed E-state index contributed by atoms with van der Waals surface area (Å²) in [6.45, 7) is 2.23. The molecule has 0 saturated heterocycles. The van der Waals surface area contributed by atoms with Gasteiger partial charge in [0.15, 0.2) is 11.5 Å². The number of likely N-dealkylation sites (N-methyl/N-ethyl adjacent to an activating group) is 1. The third kappa shape index (κ3) is 3.65. The lowest BCUT2D eigenvalue weighted by molar-refractivity contribution is -0.120. The number of hydrogen-bond acceptors (Lipinski definition) is 6. The van der Waals surface area contributed by atoms with Gasteiger partial charge >= 0.3 is 0 Å². The van der Waals surface area contributed by atoms with Crippen LogP contribution in [0.2, 0.25) is 0 Å². The maximum Gasteiger partial charge on any atom is 0.239 e. The molecule has 0 fully saturated rings. The normalized spacial score (nSPS) is 12.3. The van der Waals surface area contributed by atoms with Gasteiger partial charge in [0, 0.05) is 13.1 Å². The largest absolute Gasteiger partial charge is 0.352 e. The minimum Gasteiger partial charge on any atom is -0.352 e. The van der Waals surface area contributed by atoms with E-state index in [1.165, 1.54) is 11.9 Å². The van der Waals surface area contributed by atoms with Crippen LogP contribution in [0.5, 0.6) is 0 Å². The average Bonchev–Trinajstić information content (AvgIpc) is 3.16. The Morgan fingerprint density at radius 3 is 3.09 bits per heavy atom. The van der Waals surface area contributed by atoms with Crippen molar-refractivity contribution in [2.75, 3.05) is 18.5 Å². The molecular formula is C15H18N6OS. The first kappa shape index (κ1) is 15.4. The Hall–Kier alpha value is -2.48. The molecule has 0 unspecified atom stereocenters. The molecule has 0 saturated carbocycles. The number of aromatic nitrogens is 4. The Morgan fingerprint density at radius 2 is 2.30 bits per heavy atom. The molecule has 3 heterocycles. The third-order valence-corrected chi connectivity index (χ3v) is 4.21. The summed E-state index contributed by atoms with van der Waals surface area (Å²) in [4.78, 5) is 29.4. The predicted molar refractivity (Wildman–Crippen MR) is 90.6 cm³/mol. The van der Waals surface area contributed by atoms with Gasteiger partial charge in [-0.1, -0.05) is 0 Å². The molecule has 2 N–H and O–H groups in total. The zero-order valence-electron chi connectivity index (χ0n) is 13.0. The highest BCUT2D eigenvalue weighted by molar-refractivity contribution is 7.07. The molecular weight excluding hydrogens is 312 g/mol. The number of aromatic amines is 1. The van der Waals surface area contributed by atoms with Crippen LogP contribution in [0.25, 0.3) is 11.2 Å². The summed E-state index contributed by atoms with van der Waals surface area (Å²) >= 11 is 1.67. The van der Waals surface area contributed by atoms with Crippen molar-refractivity contribution < 1.29 is 4.79 Å². The number of fused-ring (bicyclic) bond motifs is 1. The highest BCUT2D eigenvalue weighted by Crippen LogP contribution is 2.17. The summed E-state index contributed by atoms with van der Waals surface area (Å²) in [6, 6.07) is 2.16. The highest BCUT2D eigenvalue weighted by atomic mass is 32.1. The second kappa shape index (κ2) is 6.74. The Morgan fingerprint density at radius 1 is 1.43 bits per heavy atom. The van der Waals surface area contributed by atoms with E-state index in [0.717, 1.165) is 11.9 Å². The maximum atomic E-state index is 12.2. The third-order valence-electron chi connectivity index (χ3n) is 3.47. The number of nitrogens with zero attached hydrogens (tertiary/aromatic N) is 4. The van der Waals surface area contributed by atoms with Gasteiger partial charge in [0.05, 0.1) is 12.9 Å².